The predicted molar refractivity (Wildman–Crippen MR) is 86.3 cm³/mol. The summed E-state index contributed by atoms with van der Waals surface area (Å²) in [4.78, 5) is 2.40. The molecular weight excluding hydrogens is 284 g/mol. The maximum absolute atomic E-state index is 6.41. The molecular formula is C16H21ClN4. The molecule has 0 amide bonds. The fourth-order valence-corrected chi connectivity index (χ4v) is 3.22. The summed E-state index contributed by atoms with van der Waals surface area (Å²) in [6, 6.07) is 6.20. The van der Waals surface area contributed by atoms with E-state index in [1.54, 1.807) is 0 Å². The zero-order valence-corrected chi connectivity index (χ0v) is 13.3. The van der Waals surface area contributed by atoms with Crippen LogP contribution in [-0.2, 0) is 26.1 Å². The van der Waals surface area contributed by atoms with Gasteiger partial charge in [0.15, 0.2) is 0 Å². The lowest BCUT2D eigenvalue weighted by Crippen LogP contribution is -2.31. The predicted octanol–water partition coefficient (Wildman–Crippen LogP) is 3.01. The number of fused-ring (bicyclic) bond motifs is 1. The number of hydrogen-bond acceptors (Lipinski definition) is 3. The Morgan fingerprint density at radius 3 is 2.95 bits per heavy atom. The van der Waals surface area contributed by atoms with Gasteiger partial charge in [0.2, 0.25) is 0 Å². The second-order valence-electron chi connectivity index (χ2n) is 5.61. The van der Waals surface area contributed by atoms with Crippen LogP contribution in [0.5, 0.6) is 0 Å². The van der Waals surface area contributed by atoms with Crippen molar-refractivity contribution in [1.29, 1.82) is 0 Å². The zero-order valence-electron chi connectivity index (χ0n) is 12.6. The van der Waals surface area contributed by atoms with Gasteiger partial charge >= 0.3 is 0 Å². The minimum Gasteiger partial charge on any atom is -0.398 e. The van der Waals surface area contributed by atoms with Crippen LogP contribution in [-0.4, -0.2) is 21.2 Å². The first-order chi connectivity index (χ1) is 10.1. The van der Waals surface area contributed by atoms with E-state index in [-0.39, 0.29) is 0 Å². The van der Waals surface area contributed by atoms with Crippen LogP contribution in [0.4, 0.5) is 5.69 Å². The summed E-state index contributed by atoms with van der Waals surface area (Å²) in [6.07, 6.45) is 1.04. The highest BCUT2D eigenvalue weighted by atomic mass is 35.5. The average molecular weight is 305 g/mol. The van der Waals surface area contributed by atoms with Crippen molar-refractivity contribution in [3.05, 3.63) is 45.7 Å². The lowest BCUT2D eigenvalue weighted by Gasteiger charge is -2.29. The van der Waals surface area contributed by atoms with E-state index in [0.717, 1.165) is 54.7 Å². The highest BCUT2D eigenvalue weighted by molar-refractivity contribution is 6.31. The lowest BCUT2D eigenvalue weighted by atomic mass is 9.98. The molecule has 0 bridgehead atoms. The number of hydrogen-bond donors (Lipinski definition) is 1. The third-order valence-corrected chi connectivity index (χ3v) is 4.71. The molecule has 1 aliphatic rings. The molecule has 4 nitrogen and oxygen atoms in total. The molecule has 2 heterocycles. The van der Waals surface area contributed by atoms with Crippen LogP contribution in [0.15, 0.2) is 18.2 Å². The summed E-state index contributed by atoms with van der Waals surface area (Å²) in [5, 5.41) is 5.28. The van der Waals surface area contributed by atoms with Gasteiger partial charge in [-0.25, -0.2) is 0 Å². The Balaban J connectivity index is 1.83. The molecule has 0 atom stereocenters. The van der Waals surface area contributed by atoms with Crippen LogP contribution >= 0.6 is 11.6 Å². The molecule has 1 aromatic heterocycles. The van der Waals surface area contributed by atoms with Crippen molar-refractivity contribution in [3.8, 4) is 0 Å². The average Bonchev–Trinajstić information content (AvgIpc) is 2.76. The van der Waals surface area contributed by atoms with Crippen molar-refractivity contribution in [2.24, 2.45) is 0 Å². The molecule has 0 saturated carbocycles. The van der Waals surface area contributed by atoms with Crippen LogP contribution in [0.2, 0.25) is 5.02 Å². The SMILES string of the molecule is CCn1nc(C)c(Cl)c1CN1CCc2cccc(N)c2C1. The first-order valence-corrected chi connectivity index (χ1v) is 7.78. The van der Waals surface area contributed by atoms with Gasteiger partial charge in [0.1, 0.15) is 0 Å². The van der Waals surface area contributed by atoms with E-state index in [1.165, 1.54) is 11.1 Å². The number of nitrogens with two attached hydrogens (primary N) is 1. The monoisotopic (exact) mass is 304 g/mol. The maximum atomic E-state index is 6.41. The number of nitrogens with zero attached hydrogens (tertiary/aromatic N) is 3. The smallest absolute Gasteiger partial charge is 0.0860 e. The van der Waals surface area contributed by atoms with E-state index < -0.39 is 0 Å². The Labute approximate surface area is 130 Å². The van der Waals surface area contributed by atoms with E-state index in [1.807, 2.05) is 23.7 Å². The van der Waals surface area contributed by atoms with Gasteiger partial charge in [-0.3, -0.25) is 9.58 Å². The van der Waals surface area contributed by atoms with Gasteiger partial charge in [0.25, 0.3) is 0 Å². The Kier molecular flexibility index (Phi) is 3.91. The van der Waals surface area contributed by atoms with E-state index >= 15 is 0 Å². The molecule has 0 saturated heterocycles. The molecule has 2 aromatic rings. The Bertz CT molecular complexity index is 663. The van der Waals surface area contributed by atoms with Crippen LogP contribution in [0.25, 0.3) is 0 Å². The molecule has 1 aromatic carbocycles. The summed E-state index contributed by atoms with van der Waals surface area (Å²) in [6.45, 7) is 7.63. The second kappa shape index (κ2) is 5.70. The molecule has 0 radical (unpaired) electrons. The minimum absolute atomic E-state index is 0.795. The van der Waals surface area contributed by atoms with Gasteiger partial charge in [-0.05, 0) is 37.5 Å². The summed E-state index contributed by atoms with van der Waals surface area (Å²) >= 11 is 6.41. The molecule has 1 aliphatic heterocycles. The van der Waals surface area contributed by atoms with Crippen molar-refractivity contribution < 1.29 is 0 Å². The van der Waals surface area contributed by atoms with Gasteiger partial charge in [0, 0.05) is 31.9 Å². The number of rotatable bonds is 3. The van der Waals surface area contributed by atoms with Crippen LogP contribution < -0.4 is 5.73 Å². The van der Waals surface area contributed by atoms with Crippen molar-refractivity contribution in [3.63, 3.8) is 0 Å². The molecule has 112 valence electrons. The maximum Gasteiger partial charge on any atom is 0.0860 e. The van der Waals surface area contributed by atoms with E-state index in [0.29, 0.717) is 0 Å². The van der Waals surface area contributed by atoms with Gasteiger partial charge in [-0.2, -0.15) is 5.10 Å². The molecule has 0 aliphatic carbocycles. The zero-order chi connectivity index (χ0) is 15.0. The van der Waals surface area contributed by atoms with Crippen LogP contribution in [0.3, 0.4) is 0 Å². The summed E-state index contributed by atoms with van der Waals surface area (Å²) in [7, 11) is 0. The van der Waals surface area contributed by atoms with Gasteiger partial charge in [-0.15, -0.1) is 0 Å². The van der Waals surface area contributed by atoms with E-state index in [9.17, 15) is 0 Å². The van der Waals surface area contributed by atoms with E-state index in [2.05, 4.69) is 23.0 Å². The molecule has 0 spiro atoms. The first-order valence-electron chi connectivity index (χ1n) is 7.40. The summed E-state index contributed by atoms with van der Waals surface area (Å²) in [5.41, 5.74) is 11.7. The quantitative estimate of drug-likeness (QED) is 0.887. The van der Waals surface area contributed by atoms with Crippen LogP contribution in [0, 0.1) is 6.92 Å². The highest BCUT2D eigenvalue weighted by Gasteiger charge is 2.21. The molecule has 0 fully saturated rings. The molecule has 3 rings (SSSR count). The second-order valence-corrected chi connectivity index (χ2v) is 5.99. The number of nitrogen functional groups attached to an aromatic ring is 1. The standard InChI is InChI=1S/C16H21ClN4/c1-3-21-15(16(17)11(2)19-21)10-20-8-7-12-5-4-6-14(18)13(12)9-20/h4-6H,3,7-10,18H2,1-2H3. The number of anilines is 1. The van der Waals surface area contributed by atoms with Crippen molar-refractivity contribution in [2.75, 3.05) is 12.3 Å². The molecule has 5 heteroatoms. The van der Waals surface area contributed by atoms with Crippen molar-refractivity contribution in [2.45, 2.75) is 39.9 Å². The number of halogens is 1. The van der Waals surface area contributed by atoms with E-state index in [4.69, 9.17) is 17.3 Å². The number of aryl methyl sites for hydroxylation is 2. The number of benzene rings is 1. The third kappa shape index (κ3) is 2.65. The minimum atomic E-state index is 0.795. The fraction of sp³-hybridized carbons (Fsp3) is 0.438. The molecule has 0 unspecified atom stereocenters. The Morgan fingerprint density at radius 2 is 2.19 bits per heavy atom. The highest BCUT2D eigenvalue weighted by Crippen LogP contribution is 2.27. The van der Waals surface area contributed by atoms with Crippen molar-refractivity contribution >= 4 is 17.3 Å². The van der Waals surface area contributed by atoms with Gasteiger partial charge in [-0.1, -0.05) is 23.7 Å². The Morgan fingerprint density at radius 1 is 1.38 bits per heavy atom. The van der Waals surface area contributed by atoms with Crippen LogP contribution in [0.1, 0.15) is 29.4 Å². The first kappa shape index (κ1) is 14.4. The fourth-order valence-electron chi connectivity index (χ4n) is 3.03. The number of aromatic nitrogens is 2. The molecule has 21 heavy (non-hydrogen) atoms. The largest absolute Gasteiger partial charge is 0.398 e. The topological polar surface area (TPSA) is 47.1 Å². The summed E-state index contributed by atoms with van der Waals surface area (Å²) in [5.74, 6) is 0. The van der Waals surface area contributed by atoms with Crippen molar-refractivity contribution in [1.82, 2.24) is 14.7 Å². The normalized spacial score (nSPS) is 15.2. The van der Waals surface area contributed by atoms with Gasteiger partial charge < -0.3 is 5.73 Å². The Hall–Kier alpha value is -1.52. The molecule has 2 N–H and O–H groups in total. The lowest BCUT2D eigenvalue weighted by molar-refractivity contribution is 0.238. The third-order valence-electron chi connectivity index (χ3n) is 4.21. The van der Waals surface area contributed by atoms with Gasteiger partial charge in [0.05, 0.1) is 16.4 Å². The summed E-state index contributed by atoms with van der Waals surface area (Å²) < 4.78 is 2.00.